The lowest BCUT2D eigenvalue weighted by atomic mass is 10.1. The summed E-state index contributed by atoms with van der Waals surface area (Å²) in [4.78, 5) is 24.8. The number of halogens is 1. The number of likely N-dealkylation sites (N-methyl/N-ethyl adjacent to an activating group) is 1. The van der Waals surface area contributed by atoms with Gasteiger partial charge in [-0.25, -0.2) is 0 Å². The van der Waals surface area contributed by atoms with Gasteiger partial charge in [0.1, 0.15) is 0 Å². The van der Waals surface area contributed by atoms with Crippen LogP contribution in [0.2, 0.25) is 0 Å². The molecule has 1 fully saturated rings. The fourth-order valence-corrected chi connectivity index (χ4v) is 1.95. The average Bonchev–Trinajstić information content (AvgIpc) is 2.30. The fourth-order valence-electron chi connectivity index (χ4n) is 1.95. The highest BCUT2D eigenvalue weighted by molar-refractivity contribution is 5.85. The summed E-state index contributed by atoms with van der Waals surface area (Å²) in [7, 11) is 0. The van der Waals surface area contributed by atoms with Crippen molar-refractivity contribution in [2.75, 3.05) is 26.2 Å². The summed E-state index contributed by atoms with van der Waals surface area (Å²) in [5.41, 5.74) is 0. The van der Waals surface area contributed by atoms with Gasteiger partial charge >= 0.3 is 0 Å². The minimum atomic E-state index is -0.0648. The monoisotopic (exact) mass is 277 g/mol. The maximum Gasteiger partial charge on any atom is 0.239 e. The number of piperidine rings is 1. The quantitative estimate of drug-likeness (QED) is 0.745. The highest BCUT2D eigenvalue weighted by atomic mass is 35.5. The van der Waals surface area contributed by atoms with Gasteiger partial charge in [-0.05, 0) is 26.3 Å². The number of likely N-dealkylation sites (tertiary alicyclic amines) is 1. The Bertz CT molecular complexity index is 274. The van der Waals surface area contributed by atoms with Gasteiger partial charge in [0.05, 0.1) is 6.54 Å². The molecule has 1 aliphatic heterocycles. The van der Waals surface area contributed by atoms with Gasteiger partial charge in [-0.15, -0.1) is 12.4 Å². The summed E-state index contributed by atoms with van der Waals surface area (Å²) >= 11 is 0. The molecule has 1 aliphatic rings. The third kappa shape index (κ3) is 6.21. The summed E-state index contributed by atoms with van der Waals surface area (Å²) in [5.74, 6) is 0.0381. The van der Waals surface area contributed by atoms with E-state index in [0.717, 1.165) is 25.9 Å². The van der Waals surface area contributed by atoms with Gasteiger partial charge in [0, 0.05) is 25.6 Å². The molecule has 1 saturated heterocycles. The topological polar surface area (TPSA) is 61.4 Å². The Balaban J connectivity index is 0.00000289. The van der Waals surface area contributed by atoms with Gasteiger partial charge in [0.2, 0.25) is 11.8 Å². The minimum Gasteiger partial charge on any atom is -0.353 e. The Hall–Kier alpha value is -0.810. The predicted octanol–water partition coefficient (Wildman–Crippen LogP) is 0.535. The minimum absolute atomic E-state index is 0. The third-order valence-electron chi connectivity index (χ3n) is 2.91. The molecular weight excluding hydrogens is 254 g/mol. The van der Waals surface area contributed by atoms with Gasteiger partial charge in [0.15, 0.2) is 0 Å². The smallest absolute Gasteiger partial charge is 0.239 e. The van der Waals surface area contributed by atoms with Gasteiger partial charge in [-0.1, -0.05) is 6.92 Å². The molecule has 1 heterocycles. The molecule has 0 unspecified atom stereocenters. The normalized spacial score (nSPS) is 17.0. The van der Waals surface area contributed by atoms with Gasteiger partial charge in [-0.3, -0.25) is 9.59 Å². The SMILES string of the molecule is CCN[C@H](C)CNC(=O)CN1CCCCC1=O.Cl. The molecule has 0 aromatic rings. The van der Waals surface area contributed by atoms with E-state index in [1.807, 2.05) is 13.8 Å². The van der Waals surface area contributed by atoms with Crippen molar-refractivity contribution in [2.24, 2.45) is 0 Å². The Labute approximate surface area is 115 Å². The molecular formula is C12H24ClN3O2. The van der Waals surface area contributed by atoms with Crippen LogP contribution >= 0.6 is 12.4 Å². The van der Waals surface area contributed by atoms with E-state index in [9.17, 15) is 9.59 Å². The molecule has 0 aromatic carbocycles. The third-order valence-corrected chi connectivity index (χ3v) is 2.91. The van der Waals surface area contributed by atoms with E-state index in [2.05, 4.69) is 10.6 Å². The zero-order valence-electron chi connectivity index (χ0n) is 11.2. The first kappa shape index (κ1) is 17.2. The average molecular weight is 278 g/mol. The Morgan fingerprint density at radius 1 is 1.44 bits per heavy atom. The second-order valence-corrected chi connectivity index (χ2v) is 4.54. The highest BCUT2D eigenvalue weighted by Gasteiger charge is 2.20. The van der Waals surface area contributed by atoms with Crippen molar-refractivity contribution in [3.63, 3.8) is 0 Å². The molecule has 0 aliphatic carbocycles. The van der Waals surface area contributed by atoms with Gasteiger partial charge in [0.25, 0.3) is 0 Å². The van der Waals surface area contributed by atoms with E-state index in [4.69, 9.17) is 0 Å². The number of carbonyl (C=O) groups excluding carboxylic acids is 2. The second kappa shape index (κ2) is 9.16. The molecule has 18 heavy (non-hydrogen) atoms. The molecule has 0 spiro atoms. The predicted molar refractivity (Wildman–Crippen MR) is 73.8 cm³/mol. The number of hydrogen-bond acceptors (Lipinski definition) is 3. The van der Waals surface area contributed by atoms with Crippen LogP contribution in [0.3, 0.4) is 0 Å². The maximum atomic E-state index is 11.6. The van der Waals surface area contributed by atoms with Crippen molar-refractivity contribution in [1.82, 2.24) is 15.5 Å². The number of amides is 2. The van der Waals surface area contributed by atoms with E-state index in [1.54, 1.807) is 4.90 Å². The van der Waals surface area contributed by atoms with Crippen LogP contribution in [0.1, 0.15) is 33.1 Å². The van der Waals surface area contributed by atoms with E-state index in [1.165, 1.54) is 0 Å². The Morgan fingerprint density at radius 2 is 2.17 bits per heavy atom. The molecule has 0 saturated carbocycles. The summed E-state index contributed by atoms with van der Waals surface area (Å²) < 4.78 is 0. The maximum absolute atomic E-state index is 11.6. The summed E-state index contributed by atoms with van der Waals surface area (Å²) in [6.07, 6.45) is 2.54. The number of rotatable bonds is 6. The first-order chi connectivity index (χ1) is 8.13. The standard InChI is InChI=1S/C12H23N3O2.ClH/c1-3-13-10(2)8-14-11(16)9-15-7-5-4-6-12(15)17;/h10,13H,3-9H2,1-2H3,(H,14,16);1H/t10-;/m1./s1. The zero-order chi connectivity index (χ0) is 12.7. The van der Waals surface area contributed by atoms with Crippen molar-refractivity contribution in [1.29, 1.82) is 0 Å². The number of nitrogens with one attached hydrogen (secondary N) is 2. The molecule has 2 amide bonds. The van der Waals surface area contributed by atoms with E-state index >= 15 is 0 Å². The van der Waals surface area contributed by atoms with Gasteiger partial charge in [-0.2, -0.15) is 0 Å². The van der Waals surface area contributed by atoms with Crippen LogP contribution in [-0.2, 0) is 9.59 Å². The van der Waals surface area contributed by atoms with Crippen molar-refractivity contribution in [3.05, 3.63) is 0 Å². The molecule has 0 bridgehead atoms. The van der Waals surface area contributed by atoms with Crippen LogP contribution in [0.4, 0.5) is 0 Å². The van der Waals surface area contributed by atoms with Crippen molar-refractivity contribution >= 4 is 24.2 Å². The molecule has 0 aromatic heterocycles. The molecule has 0 radical (unpaired) electrons. The zero-order valence-corrected chi connectivity index (χ0v) is 12.0. The lowest BCUT2D eigenvalue weighted by Gasteiger charge is -2.26. The first-order valence-electron chi connectivity index (χ1n) is 6.41. The van der Waals surface area contributed by atoms with Crippen molar-refractivity contribution < 1.29 is 9.59 Å². The van der Waals surface area contributed by atoms with Gasteiger partial charge < -0.3 is 15.5 Å². The number of nitrogens with zero attached hydrogens (tertiary/aromatic N) is 1. The summed E-state index contributed by atoms with van der Waals surface area (Å²) in [6.45, 7) is 6.48. The van der Waals surface area contributed by atoms with Crippen molar-refractivity contribution in [2.45, 2.75) is 39.2 Å². The van der Waals surface area contributed by atoms with Crippen molar-refractivity contribution in [3.8, 4) is 0 Å². The van der Waals surface area contributed by atoms with Crippen LogP contribution in [0.25, 0.3) is 0 Å². The Morgan fingerprint density at radius 3 is 2.78 bits per heavy atom. The van der Waals surface area contributed by atoms with E-state index in [0.29, 0.717) is 13.0 Å². The largest absolute Gasteiger partial charge is 0.353 e. The molecule has 6 heteroatoms. The highest BCUT2D eigenvalue weighted by Crippen LogP contribution is 2.09. The molecule has 5 nitrogen and oxygen atoms in total. The first-order valence-corrected chi connectivity index (χ1v) is 6.41. The van der Waals surface area contributed by atoms with E-state index < -0.39 is 0 Å². The van der Waals surface area contributed by atoms with Crippen LogP contribution in [0.5, 0.6) is 0 Å². The fraction of sp³-hybridized carbons (Fsp3) is 0.833. The summed E-state index contributed by atoms with van der Waals surface area (Å²) in [5, 5.41) is 6.06. The summed E-state index contributed by atoms with van der Waals surface area (Å²) in [6, 6.07) is 0.265. The lowest BCUT2D eigenvalue weighted by molar-refractivity contribution is -0.137. The van der Waals surface area contributed by atoms with Crippen LogP contribution in [0, 0.1) is 0 Å². The van der Waals surface area contributed by atoms with E-state index in [-0.39, 0.29) is 36.8 Å². The van der Waals surface area contributed by atoms with Crippen LogP contribution < -0.4 is 10.6 Å². The molecule has 1 rings (SSSR count). The molecule has 1 atom stereocenters. The van der Waals surface area contributed by atoms with Crippen LogP contribution in [0.15, 0.2) is 0 Å². The Kier molecular flexibility index (Phi) is 8.75. The molecule has 106 valence electrons. The molecule has 2 N–H and O–H groups in total. The lowest BCUT2D eigenvalue weighted by Crippen LogP contribution is -2.46. The number of hydrogen-bond donors (Lipinski definition) is 2. The second-order valence-electron chi connectivity index (χ2n) is 4.54. The number of carbonyl (C=O) groups is 2. The van der Waals surface area contributed by atoms with Crippen LogP contribution in [-0.4, -0.2) is 48.9 Å².